The van der Waals surface area contributed by atoms with Gasteiger partial charge in [0.25, 0.3) is 11.8 Å². The van der Waals surface area contributed by atoms with E-state index in [1.54, 1.807) is 0 Å². The van der Waals surface area contributed by atoms with E-state index in [1.807, 2.05) is 13.8 Å². The molecule has 0 aliphatic heterocycles. The van der Waals surface area contributed by atoms with Gasteiger partial charge in [0, 0.05) is 12.2 Å². The smallest absolute Gasteiger partial charge is 0.395 e. The van der Waals surface area contributed by atoms with E-state index in [2.05, 4.69) is 9.69 Å². The van der Waals surface area contributed by atoms with Gasteiger partial charge in [-0.25, -0.2) is 4.39 Å². The maximum absolute atomic E-state index is 13.9. The lowest BCUT2D eigenvalue weighted by Crippen LogP contribution is -2.44. The first-order valence-corrected chi connectivity index (χ1v) is 12.2. The molecule has 0 radical (unpaired) electrons. The molecule has 8 nitrogen and oxygen atoms in total. The maximum atomic E-state index is 13.9. The lowest BCUT2D eigenvalue weighted by molar-refractivity contribution is -0.137. The van der Waals surface area contributed by atoms with Crippen LogP contribution in [0.25, 0.3) is 0 Å². The number of carbonyl (C=O) groups excluding carboxylic acids is 3. The number of rotatable bonds is 9. The Morgan fingerprint density at radius 1 is 1.11 bits per heavy atom. The number of halogens is 4. The third kappa shape index (κ3) is 6.46. The number of benzene rings is 2. The molecule has 3 rings (SSSR count). The fourth-order valence-corrected chi connectivity index (χ4v) is 4.34. The summed E-state index contributed by atoms with van der Waals surface area (Å²) in [7, 11) is 0. The number of anilines is 2. The van der Waals surface area contributed by atoms with E-state index in [-0.39, 0.29) is 40.0 Å². The molecule has 1 atom stereocenters. The Labute approximate surface area is 219 Å². The number of alkyl halides is 3. The predicted octanol–water partition coefficient (Wildman–Crippen LogP) is 4.53. The summed E-state index contributed by atoms with van der Waals surface area (Å²) in [5.74, 6) is -3.13. The number of nitrogen functional groups attached to an aromatic ring is 1. The SMILES string of the molecule is CC(C)CCNC(=O)C(c1ccc(F)cc1)N(C(=O)c1snc(C(N)=O)c1N)c1cccc(C(F)(F)F)c1. The van der Waals surface area contributed by atoms with Gasteiger partial charge >= 0.3 is 6.18 Å². The standard InChI is InChI=1S/C25H25F4N5O3S/c1-13(2)10-11-32-23(36)20(14-6-8-16(26)9-7-14)34(17-5-3-4-15(12-17)25(27,28)29)24(37)21-18(30)19(22(31)35)33-38-21/h3-9,12-13,20H,10-11,30H2,1-2H3,(H2,31,35)(H,32,36). The molecule has 1 aromatic heterocycles. The van der Waals surface area contributed by atoms with Crippen molar-refractivity contribution >= 4 is 40.6 Å². The van der Waals surface area contributed by atoms with E-state index in [9.17, 15) is 31.9 Å². The molecule has 0 fully saturated rings. The van der Waals surface area contributed by atoms with Crippen LogP contribution in [0.2, 0.25) is 0 Å². The third-order valence-corrected chi connectivity index (χ3v) is 6.39. The second-order valence-corrected chi connectivity index (χ2v) is 9.56. The third-order valence-electron chi connectivity index (χ3n) is 5.54. The molecule has 0 saturated carbocycles. The summed E-state index contributed by atoms with van der Waals surface area (Å²) in [4.78, 5) is 39.5. The summed E-state index contributed by atoms with van der Waals surface area (Å²) in [6.45, 7) is 4.09. The quantitative estimate of drug-likeness (QED) is 0.336. The van der Waals surface area contributed by atoms with Gasteiger partial charge in [-0.15, -0.1) is 0 Å². The van der Waals surface area contributed by atoms with E-state index in [4.69, 9.17) is 11.5 Å². The first-order valence-electron chi connectivity index (χ1n) is 11.4. The molecule has 13 heteroatoms. The van der Waals surface area contributed by atoms with Crippen LogP contribution in [0.3, 0.4) is 0 Å². The Balaban J connectivity index is 2.22. The molecule has 0 spiro atoms. The van der Waals surface area contributed by atoms with Crippen LogP contribution in [-0.2, 0) is 11.0 Å². The fraction of sp³-hybridized carbons (Fsp3) is 0.280. The zero-order valence-electron chi connectivity index (χ0n) is 20.4. The van der Waals surface area contributed by atoms with Crippen molar-refractivity contribution in [3.8, 4) is 0 Å². The topological polar surface area (TPSA) is 131 Å². The summed E-state index contributed by atoms with van der Waals surface area (Å²) in [5.41, 5.74) is 9.20. The molecule has 0 aliphatic rings. The minimum atomic E-state index is -4.75. The molecular formula is C25H25F4N5O3S. The van der Waals surface area contributed by atoms with Crippen molar-refractivity contribution in [3.63, 3.8) is 0 Å². The van der Waals surface area contributed by atoms with E-state index in [0.29, 0.717) is 24.0 Å². The van der Waals surface area contributed by atoms with Gasteiger partial charge in [0.05, 0.1) is 11.3 Å². The molecule has 1 heterocycles. The monoisotopic (exact) mass is 551 g/mol. The van der Waals surface area contributed by atoms with Crippen LogP contribution in [0.1, 0.15) is 57.6 Å². The Hall–Kier alpha value is -4.00. The van der Waals surface area contributed by atoms with Crippen LogP contribution in [0, 0.1) is 11.7 Å². The van der Waals surface area contributed by atoms with Crippen molar-refractivity contribution < 1.29 is 31.9 Å². The van der Waals surface area contributed by atoms with Gasteiger partial charge in [-0.3, -0.25) is 19.3 Å². The highest BCUT2D eigenvalue weighted by Gasteiger charge is 2.38. The second kappa shape index (κ2) is 11.6. The van der Waals surface area contributed by atoms with E-state index < -0.39 is 41.3 Å². The summed E-state index contributed by atoms with van der Waals surface area (Å²) < 4.78 is 58.3. The number of primary amides is 1. The van der Waals surface area contributed by atoms with Crippen LogP contribution in [0.5, 0.6) is 0 Å². The molecule has 3 aromatic rings. The molecule has 3 amide bonds. The van der Waals surface area contributed by atoms with Crippen molar-refractivity contribution in [2.75, 3.05) is 17.2 Å². The molecule has 0 saturated heterocycles. The van der Waals surface area contributed by atoms with Crippen molar-refractivity contribution in [2.24, 2.45) is 11.7 Å². The van der Waals surface area contributed by atoms with Crippen molar-refractivity contribution in [1.29, 1.82) is 0 Å². The van der Waals surface area contributed by atoms with E-state index >= 15 is 0 Å². The fourth-order valence-electron chi connectivity index (χ4n) is 3.60. The Kier molecular flexibility index (Phi) is 8.71. The molecule has 2 aromatic carbocycles. The summed E-state index contributed by atoms with van der Waals surface area (Å²) in [5, 5.41) is 2.70. The average molecular weight is 552 g/mol. The number of nitrogens with one attached hydrogen (secondary N) is 1. The van der Waals surface area contributed by atoms with Gasteiger partial charge in [-0.05, 0) is 59.8 Å². The van der Waals surface area contributed by atoms with Gasteiger partial charge in [0.15, 0.2) is 5.69 Å². The Morgan fingerprint density at radius 3 is 2.32 bits per heavy atom. The zero-order chi connectivity index (χ0) is 28.2. The van der Waals surface area contributed by atoms with Crippen LogP contribution in [0.15, 0.2) is 48.5 Å². The van der Waals surface area contributed by atoms with E-state index in [0.717, 1.165) is 29.2 Å². The normalized spacial score (nSPS) is 12.3. The number of amides is 3. The number of carbonyl (C=O) groups is 3. The van der Waals surface area contributed by atoms with Crippen LogP contribution in [0.4, 0.5) is 28.9 Å². The Bertz CT molecular complexity index is 1330. The summed E-state index contributed by atoms with van der Waals surface area (Å²) in [6, 6.07) is 6.92. The molecular weight excluding hydrogens is 526 g/mol. The Morgan fingerprint density at radius 2 is 1.76 bits per heavy atom. The highest BCUT2D eigenvalue weighted by molar-refractivity contribution is 7.09. The van der Waals surface area contributed by atoms with E-state index in [1.165, 1.54) is 18.2 Å². The molecule has 5 N–H and O–H groups in total. The first-order chi connectivity index (χ1) is 17.8. The van der Waals surface area contributed by atoms with Crippen LogP contribution in [-0.4, -0.2) is 28.6 Å². The van der Waals surface area contributed by atoms with Crippen LogP contribution >= 0.6 is 11.5 Å². The summed E-state index contributed by atoms with van der Waals surface area (Å²) in [6.07, 6.45) is -4.17. The van der Waals surface area contributed by atoms with Crippen molar-refractivity contribution in [3.05, 3.63) is 76.0 Å². The number of hydrogen-bond donors (Lipinski definition) is 3. The number of hydrogen-bond acceptors (Lipinski definition) is 6. The van der Waals surface area contributed by atoms with Crippen LogP contribution < -0.4 is 21.7 Å². The van der Waals surface area contributed by atoms with Gasteiger partial charge < -0.3 is 16.8 Å². The van der Waals surface area contributed by atoms with Crippen molar-refractivity contribution in [2.45, 2.75) is 32.5 Å². The molecule has 1 unspecified atom stereocenters. The highest BCUT2D eigenvalue weighted by atomic mass is 32.1. The minimum absolute atomic E-state index is 0.123. The van der Waals surface area contributed by atoms with Crippen molar-refractivity contribution in [1.82, 2.24) is 9.69 Å². The molecule has 202 valence electrons. The first kappa shape index (κ1) is 28.6. The number of nitrogens with two attached hydrogens (primary N) is 2. The lowest BCUT2D eigenvalue weighted by atomic mass is 10.0. The minimum Gasteiger partial charge on any atom is -0.395 e. The highest BCUT2D eigenvalue weighted by Crippen LogP contribution is 2.37. The van der Waals surface area contributed by atoms with Gasteiger partial charge in [0.2, 0.25) is 5.91 Å². The largest absolute Gasteiger partial charge is 0.416 e. The van der Waals surface area contributed by atoms with Gasteiger partial charge in [-0.1, -0.05) is 32.0 Å². The summed E-state index contributed by atoms with van der Waals surface area (Å²) >= 11 is 0.513. The number of aromatic nitrogens is 1. The zero-order valence-corrected chi connectivity index (χ0v) is 21.2. The number of nitrogens with zero attached hydrogens (tertiary/aromatic N) is 2. The molecule has 38 heavy (non-hydrogen) atoms. The van der Waals surface area contributed by atoms with Gasteiger partial charge in [-0.2, -0.15) is 17.5 Å². The second-order valence-electron chi connectivity index (χ2n) is 8.79. The predicted molar refractivity (Wildman–Crippen MR) is 135 cm³/mol. The maximum Gasteiger partial charge on any atom is 0.416 e. The average Bonchev–Trinajstić information content (AvgIpc) is 3.23. The molecule has 0 bridgehead atoms. The lowest BCUT2D eigenvalue weighted by Gasteiger charge is -2.31. The molecule has 0 aliphatic carbocycles. The van der Waals surface area contributed by atoms with Gasteiger partial charge in [0.1, 0.15) is 16.7 Å².